The number of benzene rings is 3. The topological polar surface area (TPSA) is 152 Å². The molecule has 210 valence electrons. The van der Waals surface area contributed by atoms with Crippen LogP contribution in [-0.4, -0.2) is 32.6 Å². The van der Waals surface area contributed by atoms with E-state index in [1.807, 2.05) is 0 Å². The van der Waals surface area contributed by atoms with Crippen molar-refractivity contribution in [3.05, 3.63) is 107 Å². The molecule has 0 saturated carbocycles. The smallest absolute Gasteiger partial charge is 0.265 e. The van der Waals surface area contributed by atoms with Crippen LogP contribution < -0.4 is 9.86 Å². The van der Waals surface area contributed by atoms with Crippen molar-refractivity contribution < 1.29 is 39.2 Å². The second-order valence-electron chi connectivity index (χ2n) is 8.69. The van der Waals surface area contributed by atoms with E-state index in [1.54, 1.807) is 4.72 Å². The predicted octanol–water partition coefficient (Wildman–Crippen LogP) is 4.47. The minimum atomic E-state index is -4.88. The molecular formula is C26H16F4N4O5S2. The van der Waals surface area contributed by atoms with Crippen LogP contribution in [0, 0.1) is 23.3 Å². The third-order valence-corrected chi connectivity index (χ3v) is 8.35. The fourth-order valence-corrected chi connectivity index (χ4v) is 5.71. The van der Waals surface area contributed by atoms with Crippen LogP contribution in [0.25, 0.3) is 22.2 Å². The molecule has 3 aromatic carbocycles. The van der Waals surface area contributed by atoms with E-state index in [0.717, 1.165) is 6.20 Å². The van der Waals surface area contributed by atoms with Crippen LogP contribution in [0.4, 0.5) is 23.2 Å². The lowest BCUT2D eigenvalue weighted by Gasteiger charge is -2.12. The van der Waals surface area contributed by atoms with Gasteiger partial charge in [-0.25, -0.2) is 44.5 Å². The molecule has 0 aliphatic rings. The van der Waals surface area contributed by atoms with Crippen molar-refractivity contribution in [2.45, 2.75) is 9.79 Å². The van der Waals surface area contributed by atoms with Crippen LogP contribution in [0.15, 0.2) is 82.8 Å². The summed E-state index contributed by atoms with van der Waals surface area (Å²) in [6.07, 6.45) is 2.58. The number of nitrogens with one attached hydrogen (secondary N) is 2. The van der Waals surface area contributed by atoms with Gasteiger partial charge in [-0.15, -0.1) is 0 Å². The Morgan fingerprint density at radius 2 is 1.54 bits per heavy atom. The summed E-state index contributed by atoms with van der Waals surface area (Å²) < 4.78 is 108. The molecule has 5 rings (SSSR count). The number of pyridine rings is 1. The first kappa shape index (κ1) is 27.9. The number of sulfonamides is 2. The quantitative estimate of drug-likeness (QED) is 0.184. The number of ketones is 1. The predicted molar refractivity (Wildman–Crippen MR) is 140 cm³/mol. The molecule has 0 aliphatic carbocycles. The lowest BCUT2D eigenvalue weighted by atomic mass is 10.00. The van der Waals surface area contributed by atoms with Gasteiger partial charge in [-0.1, -0.05) is 12.1 Å². The number of nitrogens with zero attached hydrogens (tertiary/aromatic N) is 1. The molecule has 2 aromatic heterocycles. The third-order valence-electron chi connectivity index (χ3n) is 6.04. The van der Waals surface area contributed by atoms with E-state index >= 15 is 4.39 Å². The van der Waals surface area contributed by atoms with Crippen LogP contribution in [-0.2, 0) is 20.0 Å². The van der Waals surface area contributed by atoms with Gasteiger partial charge in [0.15, 0.2) is 5.82 Å². The zero-order valence-electron chi connectivity index (χ0n) is 20.3. The van der Waals surface area contributed by atoms with E-state index < -0.39 is 65.2 Å². The fourth-order valence-electron chi connectivity index (χ4n) is 4.04. The summed E-state index contributed by atoms with van der Waals surface area (Å²) in [5.74, 6) is -6.47. The molecule has 0 fully saturated rings. The maximum atomic E-state index is 15.4. The molecule has 4 N–H and O–H groups in total. The monoisotopic (exact) mass is 604 g/mol. The Morgan fingerprint density at radius 1 is 0.854 bits per heavy atom. The molecule has 15 heteroatoms. The van der Waals surface area contributed by atoms with Gasteiger partial charge in [-0.05, 0) is 54.1 Å². The summed E-state index contributed by atoms with van der Waals surface area (Å²) in [6.45, 7) is 0. The van der Waals surface area contributed by atoms with Crippen LogP contribution in [0.1, 0.15) is 15.9 Å². The average Bonchev–Trinajstić information content (AvgIpc) is 3.34. The number of hydrogen-bond donors (Lipinski definition) is 3. The molecule has 0 atom stereocenters. The summed E-state index contributed by atoms with van der Waals surface area (Å²) in [5, 5.41) is 5.26. The Bertz CT molecular complexity index is 2080. The zero-order valence-corrected chi connectivity index (χ0v) is 22.0. The Balaban J connectivity index is 1.54. The fraction of sp³-hybridized carbons (Fsp3) is 0. The van der Waals surface area contributed by atoms with Gasteiger partial charge in [0, 0.05) is 28.9 Å². The molecule has 0 spiro atoms. The first-order valence-corrected chi connectivity index (χ1v) is 14.4. The van der Waals surface area contributed by atoms with Gasteiger partial charge in [0.1, 0.15) is 28.0 Å². The average molecular weight is 605 g/mol. The minimum absolute atomic E-state index is 0.130. The number of carbonyl (C=O) groups is 1. The van der Waals surface area contributed by atoms with Gasteiger partial charge < -0.3 is 4.98 Å². The highest BCUT2D eigenvalue weighted by Crippen LogP contribution is 2.31. The summed E-state index contributed by atoms with van der Waals surface area (Å²) in [5.41, 5.74) is -1.13. The van der Waals surface area contributed by atoms with Crippen molar-refractivity contribution in [1.29, 1.82) is 0 Å². The van der Waals surface area contributed by atoms with Crippen molar-refractivity contribution in [1.82, 2.24) is 9.97 Å². The SMILES string of the molecule is NS(=O)(=O)c1ccc(-c2cnc3[nH]cc(C(=O)c4c(F)ccc(NS(=O)(=O)c5cc(F)ccc5F)c4F)c3c2)cc1. The first-order valence-electron chi connectivity index (χ1n) is 11.4. The highest BCUT2D eigenvalue weighted by atomic mass is 32.2. The molecule has 0 amide bonds. The number of aromatic nitrogens is 2. The molecule has 0 bridgehead atoms. The summed E-state index contributed by atoms with van der Waals surface area (Å²) in [7, 11) is -8.82. The highest BCUT2D eigenvalue weighted by molar-refractivity contribution is 7.92. The normalized spacial score (nSPS) is 12.0. The van der Waals surface area contributed by atoms with E-state index in [-0.39, 0.29) is 21.5 Å². The van der Waals surface area contributed by atoms with Gasteiger partial charge in [0.05, 0.1) is 16.1 Å². The third kappa shape index (κ3) is 5.29. The first-order chi connectivity index (χ1) is 19.3. The number of anilines is 1. The number of H-pyrrole nitrogens is 1. The molecule has 2 heterocycles. The number of rotatable bonds is 7. The Kier molecular flexibility index (Phi) is 6.89. The summed E-state index contributed by atoms with van der Waals surface area (Å²) in [4.78, 5) is 19.0. The lowest BCUT2D eigenvalue weighted by Crippen LogP contribution is -2.17. The van der Waals surface area contributed by atoms with Crippen LogP contribution in [0.3, 0.4) is 0 Å². The minimum Gasteiger partial charge on any atom is -0.345 e. The van der Waals surface area contributed by atoms with Gasteiger partial charge in [0.25, 0.3) is 10.0 Å². The van der Waals surface area contributed by atoms with E-state index in [2.05, 4.69) is 9.97 Å². The number of hydrogen-bond acceptors (Lipinski definition) is 6. The van der Waals surface area contributed by atoms with Crippen molar-refractivity contribution >= 4 is 42.6 Å². The summed E-state index contributed by atoms with van der Waals surface area (Å²) in [6, 6.07) is 9.88. The van der Waals surface area contributed by atoms with E-state index in [0.29, 0.717) is 41.5 Å². The van der Waals surface area contributed by atoms with E-state index in [9.17, 15) is 34.8 Å². The number of aromatic amines is 1. The van der Waals surface area contributed by atoms with Gasteiger partial charge in [-0.2, -0.15) is 0 Å². The second-order valence-corrected chi connectivity index (χ2v) is 11.9. The molecule has 0 unspecified atom stereocenters. The van der Waals surface area contributed by atoms with Crippen molar-refractivity contribution in [2.24, 2.45) is 5.14 Å². The number of nitrogens with two attached hydrogens (primary N) is 1. The second kappa shape index (κ2) is 10.1. The molecular weight excluding hydrogens is 588 g/mol. The molecule has 0 saturated heterocycles. The van der Waals surface area contributed by atoms with Gasteiger partial charge >= 0.3 is 0 Å². The van der Waals surface area contributed by atoms with Crippen LogP contribution >= 0.6 is 0 Å². The molecule has 41 heavy (non-hydrogen) atoms. The molecule has 5 aromatic rings. The molecule has 0 aliphatic heterocycles. The standard InChI is InChI=1S/C26H16F4N4O5S2/c27-15-3-6-19(28)22(10-15)41(38,39)34-21-8-7-20(29)23(24(21)30)25(35)18-12-33-26-17(18)9-14(11-32-26)13-1-4-16(5-2-13)40(31,36)37/h1-12,34H,(H,32,33)(H2,31,36,37). The molecule has 0 radical (unpaired) electrons. The van der Waals surface area contributed by atoms with Crippen LogP contribution in [0.2, 0.25) is 0 Å². The van der Waals surface area contributed by atoms with Crippen molar-refractivity contribution in [3.8, 4) is 11.1 Å². The van der Waals surface area contributed by atoms with E-state index in [1.165, 1.54) is 36.5 Å². The molecule has 9 nitrogen and oxygen atoms in total. The van der Waals surface area contributed by atoms with Crippen molar-refractivity contribution in [2.75, 3.05) is 4.72 Å². The Morgan fingerprint density at radius 3 is 2.22 bits per heavy atom. The zero-order chi connectivity index (χ0) is 29.7. The Hall–Kier alpha value is -4.60. The van der Waals surface area contributed by atoms with Crippen LogP contribution in [0.5, 0.6) is 0 Å². The van der Waals surface area contributed by atoms with Crippen molar-refractivity contribution in [3.63, 3.8) is 0 Å². The largest absolute Gasteiger partial charge is 0.345 e. The van der Waals surface area contributed by atoms with Gasteiger partial charge in [-0.3, -0.25) is 9.52 Å². The van der Waals surface area contributed by atoms with E-state index in [4.69, 9.17) is 5.14 Å². The Labute approximate surface area is 229 Å². The number of primary sulfonamides is 1. The highest BCUT2D eigenvalue weighted by Gasteiger charge is 2.28. The number of fused-ring (bicyclic) bond motifs is 1. The maximum Gasteiger partial charge on any atom is 0.265 e. The lowest BCUT2D eigenvalue weighted by molar-refractivity contribution is 0.103. The maximum absolute atomic E-state index is 15.4. The summed E-state index contributed by atoms with van der Waals surface area (Å²) >= 11 is 0. The number of halogens is 4. The number of carbonyl (C=O) groups excluding carboxylic acids is 1. The van der Waals surface area contributed by atoms with Gasteiger partial charge in [0.2, 0.25) is 15.8 Å².